The number of amides is 1. The number of hydrogen-bond acceptors (Lipinski definition) is 5. The summed E-state index contributed by atoms with van der Waals surface area (Å²) >= 11 is 1.09. The van der Waals surface area contributed by atoms with Gasteiger partial charge in [-0.15, -0.1) is 23.7 Å². The van der Waals surface area contributed by atoms with E-state index in [9.17, 15) is 13.2 Å². The lowest BCUT2D eigenvalue weighted by Gasteiger charge is -2.26. The van der Waals surface area contributed by atoms with E-state index in [1.165, 1.54) is 18.5 Å². The van der Waals surface area contributed by atoms with Crippen molar-refractivity contribution in [1.82, 2.24) is 10.0 Å². The van der Waals surface area contributed by atoms with E-state index in [0.717, 1.165) is 24.2 Å². The first-order chi connectivity index (χ1) is 9.28. The third kappa shape index (κ3) is 5.23. The van der Waals surface area contributed by atoms with Crippen molar-refractivity contribution >= 4 is 39.7 Å². The second-order valence-electron chi connectivity index (χ2n) is 4.61. The molecule has 1 aromatic rings. The van der Waals surface area contributed by atoms with Gasteiger partial charge in [0.2, 0.25) is 10.0 Å². The molecule has 9 heteroatoms. The normalized spacial score (nSPS) is 11.8. The summed E-state index contributed by atoms with van der Waals surface area (Å²) in [6, 6.07) is 1.36. The monoisotopic (exact) mass is 355 g/mol. The van der Waals surface area contributed by atoms with Gasteiger partial charge in [0.05, 0.1) is 9.77 Å². The number of hydrogen-bond donors (Lipinski definition) is 3. The SMILES string of the molecule is CCC(N)(CC)CNC(=O)c1cc(S(=O)(=O)NC)cs1.Cl. The average molecular weight is 356 g/mol. The molecule has 0 bridgehead atoms. The Bertz CT molecular complexity index is 568. The van der Waals surface area contributed by atoms with Crippen LogP contribution in [0.25, 0.3) is 0 Å². The van der Waals surface area contributed by atoms with E-state index in [1.807, 2.05) is 13.8 Å². The second-order valence-corrected chi connectivity index (χ2v) is 7.40. The summed E-state index contributed by atoms with van der Waals surface area (Å²) in [6.45, 7) is 4.31. The summed E-state index contributed by atoms with van der Waals surface area (Å²) in [5.74, 6) is -0.302. The van der Waals surface area contributed by atoms with E-state index in [0.29, 0.717) is 11.4 Å². The lowest BCUT2D eigenvalue weighted by atomic mass is 9.94. The predicted octanol–water partition coefficient (Wildman–Crippen LogP) is 1.33. The minimum atomic E-state index is -3.51. The van der Waals surface area contributed by atoms with E-state index >= 15 is 0 Å². The minimum absolute atomic E-state index is 0. The number of carbonyl (C=O) groups is 1. The third-order valence-electron chi connectivity index (χ3n) is 3.39. The molecule has 0 saturated carbocycles. The van der Waals surface area contributed by atoms with Gasteiger partial charge >= 0.3 is 0 Å². The quantitative estimate of drug-likeness (QED) is 0.686. The summed E-state index contributed by atoms with van der Waals surface area (Å²) in [4.78, 5) is 12.4. The fourth-order valence-electron chi connectivity index (χ4n) is 1.54. The van der Waals surface area contributed by atoms with Crippen molar-refractivity contribution in [2.45, 2.75) is 37.1 Å². The summed E-state index contributed by atoms with van der Waals surface area (Å²) in [5, 5.41) is 4.20. The van der Waals surface area contributed by atoms with Gasteiger partial charge in [-0.3, -0.25) is 4.79 Å². The maximum absolute atomic E-state index is 12.0. The Hall–Kier alpha value is -0.670. The molecule has 4 N–H and O–H groups in total. The molecule has 0 aliphatic rings. The first kappa shape index (κ1) is 20.3. The lowest BCUT2D eigenvalue weighted by Crippen LogP contribution is -2.49. The Morgan fingerprint density at radius 1 is 1.38 bits per heavy atom. The van der Waals surface area contributed by atoms with Gasteiger partial charge in [-0.1, -0.05) is 13.8 Å². The highest BCUT2D eigenvalue weighted by atomic mass is 35.5. The molecule has 0 saturated heterocycles. The molecule has 0 fully saturated rings. The van der Waals surface area contributed by atoms with Crippen LogP contribution in [-0.2, 0) is 10.0 Å². The number of carbonyl (C=O) groups excluding carboxylic acids is 1. The van der Waals surface area contributed by atoms with E-state index in [4.69, 9.17) is 5.73 Å². The Labute approximate surface area is 136 Å². The van der Waals surface area contributed by atoms with Crippen LogP contribution in [0.1, 0.15) is 36.4 Å². The largest absolute Gasteiger partial charge is 0.349 e. The van der Waals surface area contributed by atoms with Gasteiger partial charge in [-0.2, -0.15) is 0 Å². The summed E-state index contributed by atoms with van der Waals surface area (Å²) in [7, 11) is -2.18. The predicted molar refractivity (Wildman–Crippen MR) is 87.6 cm³/mol. The molecule has 0 unspecified atom stereocenters. The molecule has 0 aliphatic carbocycles. The summed E-state index contributed by atoms with van der Waals surface area (Å²) < 4.78 is 25.4. The molecule has 21 heavy (non-hydrogen) atoms. The van der Waals surface area contributed by atoms with Gasteiger partial charge < -0.3 is 11.1 Å². The molecule has 1 heterocycles. The maximum Gasteiger partial charge on any atom is 0.261 e. The molecule has 0 aromatic carbocycles. The van der Waals surface area contributed by atoms with E-state index in [1.54, 1.807) is 0 Å². The Balaban J connectivity index is 0.00000400. The van der Waals surface area contributed by atoms with Crippen LogP contribution in [0.3, 0.4) is 0 Å². The van der Waals surface area contributed by atoms with Crippen LogP contribution in [0.15, 0.2) is 16.3 Å². The summed E-state index contributed by atoms with van der Waals surface area (Å²) in [5.41, 5.74) is 5.68. The zero-order valence-corrected chi connectivity index (χ0v) is 14.8. The van der Waals surface area contributed by atoms with Gasteiger partial charge in [0.15, 0.2) is 0 Å². The molecule has 1 amide bonds. The molecule has 122 valence electrons. The van der Waals surface area contributed by atoms with Crippen LogP contribution in [0.5, 0.6) is 0 Å². The number of nitrogens with one attached hydrogen (secondary N) is 2. The van der Waals surface area contributed by atoms with Crippen LogP contribution in [0, 0.1) is 0 Å². The molecule has 1 rings (SSSR count). The van der Waals surface area contributed by atoms with Crippen molar-refractivity contribution in [3.05, 3.63) is 16.3 Å². The highest BCUT2D eigenvalue weighted by molar-refractivity contribution is 7.89. The fraction of sp³-hybridized carbons (Fsp3) is 0.583. The van der Waals surface area contributed by atoms with Crippen molar-refractivity contribution < 1.29 is 13.2 Å². The number of halogens is 1. The van der Waals surface area contributed by atoms with Crippen molar-refractivity contribution in [3.8, 4) is 0 Å². The van der Waals surface area contributed by atoms with E-state index in [-0.39, 0.29) is 23.2 Å². The van der Waals surface area contributed by atoms with E-state index in [2.05, 4.69) is 10.0 Å². The van der Waals surface area contributed by atoms with Crippen molar-refractivity contribution in [3.63, 3.8) is 0 Å². The fourth-order valence-corrected chi connectivity index (χ4v) is 3.46. The number of thiophene rings is 1. The van der Waals surface area contributed by atoms with Crippen molar-refractivity contribution in [2.75, 3.05) is 13.6 Å². The van der Waals surface area contributed by atoms with Crippen LogP contribution < -0.4 is 15.8 Å². The van der Waals surface area contributed by atoms with Gasteiger partial charge in [0.25, 0.3) is 5.91 Å². The van der Waals surface area contributed by atoms with Gasteiger partial charge in [-0.05, 0) is 26.0 Å². The van der Waals surface area contributed by atoms with Crippen LogP contribution in [0.2, 0.25) is 0 Å². The van der Waals surface area contributed by atoms with Crippen LogP contribution >= 0.6 is 23.7 Å². The molecule has 1 aromatic heterocycles. The van der Waals surface area contributed by atoms with Gasteiger partial charge in [0, 0.05) is 17.5 Å². The highest BCUT2D eigenvalue weighted by Gasteiger charge is 2.22. The smallest absolute Gasteiger partial charge is 0.261 e. The minimum Gasteiger partial charge on any atom is -0.349 e. The topological polar surface area (TPSA) is 101 Å². The molecule has 6 nitrogen and oxygen atoms in total. The standard InChI is InChI=1S/C12H21N3O3S2.ClH/c1-4-12(13,5-2)8-15-11(16)10-6-9(7-19-10)20(17,18)14-3;/h6-7,14H,4-5,8,13H2,1-3H3,(H,15,16);1H. The van der Waals surface area contributed by atoms with Crippen molar-refractivity contribution in [2.24, 2.45) is 5.73 Å². The third-order valence-corrected chi connectivity index (χ3v) is 5.86. The average Bonchev–Trinajstić information content (AvgIpc) is 2.95. The Morgan fingerprint density at radius 2 is 1.95 bits per heavy atom. The maximum atomic E-state index is 12.0. The zero-order valence-electron chi connectivity index (χ0n) is 12.3. The zero-order chi connectivity index (χ0) is 15.4. The highest BCUT2D eigenvalue weighted by Crippen LogP contribution is 2.19. The first-order valence-electron chi connectivity index (χ1n) is 6.37. The second kappa shape index (κ2) is 8.09. The molecule has 0 aliphatic heterocycles. The molecule has 0 spiro atoms. The lowest BCUT2D eigenvalue weighted by molar-refractivity contribution is 0.0946. The van der Waals surface area contributed by atoms with Crippen LogP contribution in [-0.4, -0.2) is 33.5 Å². The number of rotatable bonds is 7. The number of sulfonamides is 1. The Kier molecular flexibility index (Phi) is 7.83. The molecular weight excluding hydrogens is 334 g/mol. The van der Waals surface area contributed by atoms with Crippen LogP contribution in [0.4, 0.5) is 0 Å². The molecular formula is C12H22ClN3O3S2. The summed E-state index contributed by atoms with van der Waals surface area (Å²) in [6.07, 6.45) is 1.52. The van der Waals surface area contributed by atoms with Crippen molar-refractivity contribution in [1.29, 1.82) is 0 Å². The molecule has 0 atom stereocenters. The first-order valence-corrected chi connectivity index (χ1v) is 8.73. The van der Waals surface area contributed by atoms with Gasteiger partial charge in [0.1, 0.15) is 0 Å². The van der Waals surface area contributed by atoms with E-state index < -0.39 is 15.6 Å². The van der Waals surface area contributed by atoms with Gasteiger partial charge in [-0.25, -0.2) is 13.1 Å². The number of nitrogens with two attached hydrogens (primary N) is 1. The Morgan fingerprint density at radius 3 is 2.43 bits per heavy atom. The molecule has 0 radical (unpaired) electrons.